The number of hydrogen-bond donors (Lipinski definition) is 0. The molecule has 0 saturated carbocycles. The lowest BCUT2D eigenvalue weighted by molar-refractivity contribution is -0.161. The quantitative estimate of drug-likeness (QED) is 0.0454. The number of benzene rings is 2. The molecule has 0 saturated heterocycles. The van der Waals surface area contributed by atoms with Crippen LogP contribution in [0.5, 0.6) is 11.5 Å². The molecule has 0 heterocycles. The van der Waals surface area contributed by atoms with Crippen LogP contribution in [0.4, 0.5) is 0 Å². The first-order valence-corrected chi connectivity index (χ1v) is 20.0. The van der Waals surface area contributed by atoms with Crippen molar-refractivity contribution in [2.24, 2.45) is 0 Å². The van der Waals surface area contributed by atoms with Gasteiger partial charge in [0.05, 0.1) is 0 Å². The van der Waals surface area contributed by atoms with Crippen LogP contribution in [0, 0.1) is 0 Å². The predicted molar refractivity (Wildman–Crippen MR) is 192 cm³/mol. The van der Waals surface area contributed by atoms with Gasteiger partial charge in [-0.1, -0.05) is 153 Å². The zero-order valence-corrected chi connectivity index (χ0v) is 30.5. The zero-order valence-electron chi connectivity index (χ0n) is 29.6. The second-order valence-corrected chi connectivity index (χ2v) is 14.0. The molecule has 0 unspecified atom stereocenters. The Balaban J connectivity index is 1.90. The van der Waals surface area contributed by atoms with Crippen molar-refractivity contribution in [3.05, 3.63) is 60.7 Å². The minimum Gasteiger partial charge on any atom is -0.462 e. The van der Waals surface area contributed by atoms with Gasteiger partial charge in [-0.2, -0.15) is 0 Å². The molecule has 8 nitrogen and oxygen atoms in total. The largest absolute Gasteiger partial charge is 0.587 e. The first-order valence-electron chi connectivity index (χ1n) is 18.5. The molecule has 0 amide bonds. The highest BCUT2D eigenvalue weighted by atomic mass is 31.2. The molecule has 0 aromatic heterocycles. The average Bonchev–Trinajstić information content (AvgIpc) is 3.09. The van der Waals surface area contributed by atoms with Gasteiger partial charge in [-0.3, -0.25) is 14.1 Å². The van der Waals surface area contributed by atoms with Crippen LogP contribution in [0.2, 0.25) is 0 Å². The molecule has 2 aromatic carbocycles. The maximum absolute atomic E-state index is 13.8. The van der Waals surface area contributed by atoms with Crippen LogP contribution in [0.3, 0.4) is 0 Å². The van der Waals surface area contributed by atoms with Gasteiger partial charge in [-0.15, -0.1) is 0 Å². The van der Waals surface area contributed by atoms with Gasteiger partial charge >= 0.3 is 19.8 Å². The van der Waals surface area contributed by atoms with Crippen molar-refractivity contribution in [2.45, 2.75) is 148 Å². The second kappa shape index (κ2) is 27.0. The van der Waals surface area contributed by atoms with Crippen LogP contribution in [-0.2, 0) is 28.2 Å². The van der Waals surface area contributed by atoms with E-state index in [-0.39, 0.29) is 25.6 Å². The number of carbonyl (C=O) groups excluding carboxylic acids is 2. The van der Waals surface area contributed by atoms with Gasteiger partial charge in [0, 0.05) is 12.8 Å². The summed E-state index contributed by atoms with van der Waals surface area (Å²) in [6.07, 6.45) is 20.1. The van der Waals surface area contributed by atoms with E-state index in [1.54, 1.807) is 48.5 Å². The van der Waals surface area contributed by atoms with E-state index in [4.69, 9.17) is 23.0 Å². The molecular weight excluding hydrogens is 627 g/mol. The second-order valence-electron chi connectivity index (χ2n) is 12.5. The van der Waals surface area contributed by atoms with E-state index in [2.05, 4.69) is 13.8 Å². The summed E-state index contributed by atoms with van der Waals surface area (Å²) in [7, 11) is -4.22. The standard InChI is InChI=1S/C39H61O8P/c1-3-5-7-9-11-13-15-17-25-31-38(40)43-33-37(45-39(41)32-26-18-16-14-12-10-8-6-4-2)34-44-48(42,46-35-27-21-19-22-28-35)47-36-29-23-20-24-30-36/h19-24,27-30,37H,3-18,25-26,31-34H2,1-2H3/t37-/m0/s1. The van der Waals surface area contributed by atoms with Gasteiger partial charge in [0.25, 0.3) is 0 Å². The average molecular weight is 689 g/mol. The van der Waals surface area contributed by atoms with Crippen molar-refractivity contribution in [1.82, 2.24) is 0 Å². The Morgan fingerprint density at radius 2 is 0.938 bits per heavy atom. The number of unbranched alkanes of at least 4 members (excludes halogenated alkanes) is 16. The molecular formula is C39H61O8P. The number of rotatable bonds is 30. The number of hydrogen-bond acceptors (Lipinski definition) is 8. The summed E-state index contributed by atoms with van der Waals surface area (Å²) in [5.74, 6) is -0.183. The summed E-state index contributed by atoms with van der Waals surface area (Å²) in [5.41, 5.74) is 0. The van der Waals surface area contributed by atoms with Gasteiger partial charge in [0.1, 0.15) is 24.7 Å². The molecule has 0 fully saturated rings. The van der Waals surface area contributed by atoms with E-state index in [0.29, 0.717) is 24.3 Å². The molecule has 0 aliphatic heterocycles. The lowest BCUT2D eigenvalue weighted by Crippen LogP contribution is -2.30. The van der Waals surface area contributed by atoms with E-state index in [1.807, 2.05) is 12.1 Å². The first kappa shape index (κ1) is 41.3. The molecule has 2 aromatic rings. The van der Waals surface area contributed by atoms with Crippen molar-refractivity contribution >= 4 is 19.8 Å². The number of phosphoric acid groups is 1. The number of phosphoric ester groups is 1. The third kappa shape index (κ3) is 21.2. The lowest BCUT2D eigenvalue weighted by atomic mass is 10.1. The zero-order chi connectivity index (χ0) is 34.5. The molecule has 0 aliphatic carbocycles. The third-order valence-electron chi connectivity index (χ3n) is 8.04. The maximum Gasteiger partial charge on any atom is 0.587 e. The smallest absolute Gasteiger partial charge is 0.462 e. The minimum atomic E-state index is -4.22. The van der Waals surface area contributed by atoms with Crippen molar-refractivity contribution in [3.8, 4) is 11.5 Å². The van der Waals surface area contributed by atoms with Crippen molar-refractivity contribution in [2.75, 3.05) is 13.2 Å². The molecule has 9 heteroatoms. The highest BCUT2D eigenvalue weighted by molar-refractivity contribution is 7.49. The SMILES string of the molecule is CCCCCCCCCCCC(=O)OC[C@@H](COP(=O)(Oc1ccccc1)Oc1ccccc1)OC(=O)CCCCCCCCCCC. The van der Waals surface area contributed by atoms with Crippen molar-refractivity contribution in [1.29, 1.82) is 0 Å². The van der Waals surface area contributed by atoms with Gasteiger partial charge < -0.3 is 18.5 Å². The monoisotopic (exact) mass is 688 g/mol. The molecule has 1 atom stereocenters. The van der Waals surface area contributed by atoms with E-state index in [9.17, 15) is 14.2 Å². The molecule has 0 spiro atoms. The van der Waals surface area contributed by atoms with Crippen LogP contribution >= 0.6 is 7.82 Å². The van der Waals surface area contributed by atoms with Gasteiger partial charge in [0.15, 0.2) is 6.10 Å². The van der Waals surface area contributed by atoms with Crippen LogP contribution in [-0.4, -0.2) is 31.3 Å². The molecule has 2 rings (SSSR count). The predicted octanol–water partition coefficient (Wildman–Crippen LogP) is 11.6. The normalized spacial score (nSPS) is 12.0. The summed E-state index contributed by atoms with van der Waals surface area (Å²) in [4.78, 5) is 25.4. The van der Waals surface area contributed by atoms with E-state index in [1.165, 1.54) is 77.0 Å². The fourth-order valence-corrected chi connectivity index (χ4v) is 6.50. The summed E-state index contributed by atoms with van der Waals surface area (Å²) >= 11 is 0. The number of esters is 2. The molecule has 48 heavy (non-hydrogen) atoms. The maximum atomic E-state index is 13.8. The summed E-state index contributed by atoms with van der Waals surface area (Å²) in [5, 5.41) is 0. The fourth-order valence-electron chi connectivity index (χ4n) is 5.25. The Bertz CT molecular complexity index is 1080. The summed E-state index contributed by atoms with van der Waals surface area (Å²) in [6, 6.07) is 17.1. The topological polar surface area (TPSA) is 97.4 Å². The molecule has 0 aliphatic rings. The summed E-state index contributed by atoms with van der Waals surface area (Å²) in [6.45, 7) is 3.88. The van der Waals surface area contributed by atoms with E-state index < -0.39 is 19.9 Å². The minimum absolute atomic E-state index is 0.212. The summed E-state index contributed by atoms with van der Waals surface area (Å²) < 4.78 is 42.1. The Kier molecular flexibility index (Phi) is 23.3. The Morgan fingerprint density at radius 1 is 0.542 bits per heavy atom. The van der Waals surface area contributed by atoms with Crippen LogP contribution < -0.4 is 9.05 Å². The highest BCUT2D eigenvalue weighted by Gasteiger charge is 2.33. The van der Waals surface area contributed by atoms with Crippen LogP contribution in [0.15, 0.2) is 60.7 Å². The first-order chi connectivity index (χ1) is 23.4. The molecule has 0 N–H and O–H groups in total. The number of para-hydroxylation sites is 2. The number of ether oxygens (including phenoxy) is 2. The van der Waals surface area contributed by atoms with Crippen molar-refractivity contribution in [3.63, 3.8) is 0 Å². The molecule has 270 valence electrons. The Hall–Kier alpha value is -2.83. The van der Waals surface area contributed by atoms with Gasteiger partial charge in [-0.25, -0.2) is 4.57 Å². The Labute approximate surface area is 290 Å². The molecule has 0 radical (unpaired) electrons. The van der Waals surface area contributed by atoms with Gasteiger partial charge in [0.2, 0.25) is 0 Å². The fraction of sp³-hybridized carbons (Fsp3) is 0.641. The van der Waals surface area contributed by atoms with E-state index in [0.717, 1.165) is 32.1 Å². The van der Waals surface area contributed by atoms with Crippen molar-refractivity contribution < 1.29 is 37.2 Å². The van der Waals surface area contributed by atoms with Gasteiger partial charge in [-0.05, 0) is 37.1 Å². The molecule has 0 bridgehead atoms. The lowest BCUT2D eigenvalue weighted by Gasteiger charge is -2.22. The third-order valence-corrected chi connectivity index (χ3v) is 9.37. The van der Waals surface area contributed by atoms with Crippen LogP contribution in [0.25, 0.3) is 0 Å². The Morgan fingerprint density at radius 3 is 1.38 bits per heavy atom. The highest BCUT2D eigenvalue weighted by Crippen LogP contribution is 2.49. The van der Waals surface area contributed by atoms with E-state index >= 15 is 0 Å². The number of carbonyl (C=O) groups is 2. The van der Waals surface area contributed by atoms with Crippen LogP contribution in [0.1, 0.15) is 142 Å².